The molecule has 0 bridgehead atoms. The fraction of sp³-hybridized carbons (Fsp3) is 0.364. The summed E-state index contributed by atoms with van der Waals surface area (Å²) >= 11 is 5.34. The standard InChI is InChI=1S/C11H6ClF6NO4/c1-2-23-9(22)4-5(12)3(8(20)21)6(10(13,14)15)19-7(4)11(16,17)18/h2H2,1H3,(H,20,21). The molecule has 0 amide bonds. The highest BCUT2D eigenvalue weighted by Gasteiger charge is 2.47. The number of carboxylic acids is 1. The van der Waals surface area contributed by atoms with Crippen LogP contribution >= 0.6 is 11.6 Å². The van der Waals surface area contributed by atoms with Gasteiger partial charge in [-0.3, -0.25) is 0 Å². The van der Waals surface area contributed by atoms with Crippen LogP contribution in [0.3, 0.4) is 0 Å². The number of alkyl halides is 6. The van der Waals surface area contributed by atoms with Crippen LogP contribution in [0.1, 0.15) is 39.0 Å². The van der Waals surface area contributed by atoms with Gasteiger partial charge in [0.1, 0.15) is 11.1 Å². The molecule has 0 aliphatic heterocycles. The average molecular weight is 366 g/mol. The summed E-state index contributed by atoms with van der Waals surface area (Å²) in [7, 11) is 0. The Kier molecular flexibility index (Phi) is 5.14. The summed E-state index contributed by atoms with van der Waals surface area (Å²) in [5, 5.41) is 7.23. The van der Waals surface area contributed by atoms with Gasteiger partial charge < -0.3 is 9.84 Å². The lowest BCUT2D eigenvalue weighted by molar-refractivity contribution is -0.150. The number of carbonyl (C=O) groups is 2. The summed E-state index contributed by atoms with van der Waals surface area (Å²) in [6.07, 6.45) is -11.0. The largest absolute Gasteiger partial charge is 0.478 e. The van der Waals surface area contributed by atoms with Crippen molar-refractivity contribution in [2.75, 3.05) is 6.61 Å². The van der Waals surface area contributed by atoms with Gasteiger partial charge in [0, 0.05) is 0 Å². The maximum Gasteiger partial charge on any atom is 0.434 e. The zero-order valence-corrected chi connectivity index (χ0v) is 11.7. The molecule has 1 aromatic heterocycles. The highest BCUT2D eigenvalue weighted by molar-refractivity contribution is 6.36. The third-order valence-electron chi connectivity index (χ3n) is 2.37. The number of hydrogen-bond acceptors (Lipinski definition) is 4. The van der Waals surface area contributed by atoms with Crippen LogP contribution in [0.2, 0.25) is 5.02 Å². The van der Waals surface area contributed by atoms with Crippen LogP contribution in [0.25, 0.3) is 0 Å². The molecule has 1 aromatic rings. The molecular formula is C11H6ClF6NO4. The highest BCUT2D eigenvalue weighted by atomic mass is 35.5. The van der Waals surface area contributed by atoms with E-state index < -0.39 is 58.4 Å². The van der Waals surface area contributed by atoms with Gasteiger partial charge in [0.15, 0.2) is 11.4 Å². The molecule has 0 saturated heterocycles. The molecular weight excluding hydrogens is 360 g/mol. The molecule has 5 nitrogen and oxygen atoms in total. The minimum Gasteiger partial charge on any atom is -0.478 e. The van der Waals surface area contributed by atoms with Crippen LogP contribution in [-0.4, -0.2) is 28.6 Å². The molecule has 0 atom stereocenters. The Morgan fingerprint density at radius 1 is 1.09 bits per heavy atom. The first-order chi connectivity index (χ1) is 10.3. The Labute approximate surface area is 128 Å². The van der Waals surface area contributed by atoms with Gasteiger partial charge >= 0.3 is 24.3 Å². The normalized spacial score (nSPS) is 12.2. The first-order valence-electron chi connectivity index (χ1n) is 5.60. The Hall–Kier alpha value is -2.04. The molecule has 0 fully saturated rings. The third-order valence-corrected chi connectivity index (χ3v) is 2.74. The molecule has 1 N–H and O–H groups in total. The zero-order valence-electron chi connectivity index (χ0n) is 11.0. The summed E-state index contributed by atoms with van der Waals surface area (Å²) in [5.41, 5.74) is -8.00. The molecule has 0 aromatic carbocycles. The Bertz CT molecular complexity index is 655. The van der Waals surface area contributed by atoms with Crippen LogP contribution in [0.5, 0.6) is 0 Å². The number of halogens is 7. The van der Waals surface area contributed by atoms with Gasteiger partial charge in [0.2, 0.25) is 0 Å². The minimum absolute atomic E-state index is 0.421. The molecule has 128 valence electrons. The van der Waals surface area contributed by atoms with Gasteiger partial charge in [-0.1, -0.05) is 11.6 Å². The van der Waals surface area contributed by atoms with Crippen molar-refractivity contribution in [3.63, 3.8) is 0 Å². The number of carbonyl (C=O) groups excluding carboxylic acids is 1. The molecule has 23 heavy (non-hydrogen) atoms. The quantitative estimate of drug-likeness (QED) is 0.653. The van der Waals surface area contributed by atoms with Gasteiger partial charge in [0.25, 0.3) is 0 Å². The number of carboxylic acid groups (broad SMARTS) is 1. The van der Waals surface area contributed by atoms with Crippen LogP contribution in [0.15, 0.2) is 0 Å². The van der Waals surface area contributed by atoms with Crippen LogP contribution in [-0.2, 0) is 17.1 Å². The van der Waals surface area contributed by atoms with Crippen molar-refractivity contribution in [2.45, 2.75) is 19.3 Å². The van der Waals surface area contributed by atoms with Gasteiger partial charge in [-0.15, -0.1) is 0 Å². The Morgan fingerprint density at radius 2 is 1.52 bits per heavy atom. The van der Waals surface area contributed by atoms with E-state index in [9.17, 15) is 35.9 Å². The number of hydrogen-bond donors (Lipinski definition) is 1. The summed E-state index contributed by atoms with van der Waals surface area (Å²) in [6, 6.07) is 0. The van der Waals surface area contributed by atoms with Gasteiger partial charge in [0.05, 0.1) is 11.6 Å². The Balaban J connectivity index is 3.93. The minimum atomic E-state index is -5.54. The van der Waals surface area contributed by atoms with E-state index in [1.807, 2.05) is 0 Å². The van der Waals surface area contributed by atoms with Gasteiger partial charge in [-0.05, 0) is 6.92 Å². The highest BCUT2D eigenvalue weighted by Crippen LogP contribution is 2.41. The molecule has 0 aliphatic rings. The second kappa shape index (κ2) is 6.22. The lowest BCUT2D eigenvalue weighted by atomic mass is 10.1. The van der Waals surface area contributed by atoms with E-state index in [1.165, 1.54) is 6.92 Å². The van der Waals surface area contributed by atoms with Crippen molar-refractivity contribution >= 4 is 23.5 Å². The van der Waals surface area contributed by atoms with Crippen LogP contribution in [0.4, 0.5) is 26.3 Å². The fourth-order valence-electron chi connectivity index (χ4n) is 1.55. The number of nitrogens with zero attached hydrogens (tertiary/aromatic N) is 1. The van der Waals surface area contributed by atoms with Crippen molar-refractivity contribution in [3.05, 3.63) is 27.5 Å². The van der Waals surface area contributed by atoms with E-state index in [-0.39, 0.29) is 0 Å². The van der Waals surface area contributed by atoms with Crippen LogP contribution in [0, 0.1) is 0 Å². The lowest BCUT2D eigenvalue weighted by Gasteiger charge is -2.18. The van der Waals surface area contributed by atoms with E-state index in [4.69, 9.17) is 16.7 Å². The smallest absolute Gasteiger partial charge is 0.434 e. The summed E-state index contributed by atoms with van der Waals surface area (Å²) in [6.45, 7) is 0.796. The maximum atomic E-state index is 12.9. The van der Waals surface area contributed by atoms with E-state index in [1.54, 1.807) is 0 Å². The molecule has 1 heterocycles. The fourth-order valence-corrected chi connectivity index (χ4v) is 1.89. The number of esters is 1. The van der Waals surface area contributed by atoms with Crippen molar-refractivity contribution < 1.29 is 45.8 Å². The van der Waals surface area contributed by atoms with E-state index in [2.05, 4.69) is 9.72 Å². The molecule has 1 rings (SSSR count). The molecule has 0 aliphatic carbocycles. The first kappa shape index (κ1) is 19.0. The van der Waals surface area contributed by atoms with Crippen molar-refractivity contribution in [2.24, 2.45) is 0 Å². The van der Waals surface area contributed by atoms with Gasteiger partial charge in [-0.2, -0.15) is 26.3 Å². The molecule has 12 heteroatoms. The predicted molar refractivity (Wildman–Crippen MR) is 62.2 cm³/mol. The predicted octanol–water partition coefficient (Wildman–Crippen LogP) is 3.65. The molecule has 0 unspecified atom stereocenters. The third kappa shape index (κ3) is 3.84. The van der Waals surface area contributed by atoms with Gasteiger partial charge in [-0.25, -0.2) is 14.6 Å². The van der Waals surface area contributed by atoms with E-state index in [0.717, 1.165) is 0 Å². The molecule has 0 radical (unpaired) electrons. The first-order valence-corrected chi connectivity index (χ1v) is 5.98. The SMILES string of the molecule is CCOC(=O)c1c(C(F)(F)F)nc(C(F)(F)F)c(C(=O)O)c1Cl. The summed E-state index contributed by atoms with van der Waals surface area (Å²) < 4.78 is 81.2. The molecule has 0 saturated carbocycles. The van der Waals surface area contributed by atoms with Crippen molar-refractivity contribution in [3.8, 4) is 0 Å². The number of ether oxygens (including phenoxy) is 1. The number of aromatic carboxylic acids is 1. The maximum absolute atomic E-state index is 12.9. The second-order valence-corrected chi connectivity index (χ2v) is 4.27. The summed E-state index contributed by atoms with van der Waals surface area (Å²) in [4.78, 5) is 24.8. The lowest BCUT2D eigenvalue weighted by Crippen LogP contribution is -2.25. The monoisotopic (exact) mass is 365 g/mol. The number of pyridine rings is 1. The zero-order chi connectivity index (χ0) is 18.2. The molecule has 0 spiro atoms. The summed E-state index contributed by atoms with van der Waals surface area (Å²) in [5.74, 6) is -4.04. The van der Waals surface area contributed by atoms with Crippen molar-refractivity contribution in [1.29, 1.82) is 0 Å². The van der Waals surface area contributed by atoms with Crippen molar-refractivity contribution in [1.82, 2.24) is 4.98 Å². The number of rotatable bonds is 3. The number of aromatic nitrogens is 1. The topological polar surface area (TPSA) is 76.5 Å². The van der Waals surface area contributed by atoms with Crippen LogP contribution < -0.4 is 0 Å². The average Bonchev–Trinajstić information content (AvgIpc) is 2.34. The van der Waals surface area contributed by atoms with E-state index in [0.29, 0.717) is 0 Å². The Morgan fingerprint density at radius 3 is 1.87 bits per heavy atom. The van der Waals surface area contributed by atoms with E-state index >= 15 is 0 Å². The second-order valence-electron chi connectivity index (χ2n) is 3.89.